The third-order valence-corrected chi connectivity index (χ3v) is 6.57. The molecular weight excluding hydrogens is 561 g/mol. The van der Waals surface area contributed by atoms with Crippen LogP contribution in [0.3, 0.4) is 0 Å². The van der Waals surface area contributed by atoms with E-state index in [1.165, 1.54) is 24.3 Å². The van der Waals surface area contributed by atoms with E-state index in [-0.39, 0.29) is 24.0 Å². The molecule has 1 atom stereocenters. The number of allylic oxidation sites excluding steroid dienone is 1. The average Bonchev–Trinajstić information content (AvgIpc) is 2.88. The molecule has 10 heteroatoms. The highest BCUT2D eigenvalue weighted by Gasteiger charge is 2.24. The molecule has 0 heterocycles. The minimum atomic E-state index is -1.05. The number of rotatable bonds is 10. The van der Waals surface area contributed by atoms with Gasteiger partial charge in [0.05, 0.1) is 28.6 Å². The third-order valence-electron chi connectivity index (χ3n) is 5.78. The molecule has 0 saturated heterocycles. The number of nitrogens with two attached hydrogens (primary N) is 1. The Kier molecular flexibility index (Phi) is 10.5. The van der Waals surface area contributed by atoms with Gasteiger partial charge in [-0.05, 0) is 73.0 Å². The van der Waals surface area contributed by atoms with Gasteiger partial charge in [-0.25, -0.2) is 9.79 Å². The second-order valence-electron chi connectivity index (χ2n) is 9.06. The van der Waals surface area contributed by atoms with Crippen molar-refractivity contribution < 1.29 is 19.4 Å². The second kappa shape index (κ2) is 13.6. The highest BCUT2D eigenvalue weighted by Crippen LogP contribution is 2.30. The number of hydrogen-bond donors (Lipinski definition) is 3. The fourth-order valence-corrected chi connectivity index (χ4v) is 4.16. The lowest BCUT2D eigenvalue weighted by Gasteiger charge is -2.22. The Labute approximate surface area is 242 Å². The Bertz CT molecular complexity index is 1400. The number of halogens is 3. The van der Waals surface area contributed by atoms with Crippen molar-refractivity contribution in [3.63, 3.8) is 0 Å². The summed E-state index contributed by atoms with van der Waals surface area (Å²) in [5, 5.41) is 13.3. The standard InChI is InChI=1S/C29H28Cl3N3O4/c1-16(2)27(28(36)34-22-11-6-19(7-12-22)29(37)38)39-15-24(33)17(3)26(18-4-8-20(30)9-5-18)35-25-13-10-21(31)14-23(25)32/h4-14,16,27H,15,33H2,1-3H3,(H,34,36)(H,37,38). The highest BCUT2D eigenvalue weighted by atomic mass is 35.5. The van der Waals surface area contributed by atoms with Crippen molar-refractivity contribution in [1.29, 1.82) is 0 Å². The van der Waals surface area contributed by atoms with Crippen LogP contribution in [0.25, 0.3) is 0 Å². The van der Waals surface area contributed by atoms with E-state index in [4.69, 9.17) is 55.4 Å². The number of nitrogens with one attached hydrogen (secondary N) is 1. The quantitative estimate of drug-likeness (QED) is 0.214. The number of carboxylic acid groups (broad SMARTS) is 1. The van der Waals surface area contributed by atoms with Crippen LogP contribution in [0, 0.1) is 5.92 Å². The Hall–Kier alpha value is -3.36. The lowest BCUT2D eigenvalue weighted by atomic mass is 10.0. The molecule has 7 nitrogen and oxygen atoms in total. The van der Waals surface area contributed by atoms with Crippen LogP contribution in [0.4, 0.5) is 11.4 Å². The van der Waals surface area contributed by atoms with Gasteiger partial charge in [0.2, 0.25) is 0 Å². The van der Waals surface area contributed by atoms with Crippen molar-refractivity contribution in [2.45, 2.75) is 26.9 Å². The molecule has 39 heavy (non-hydrogen) atoms. The van der Waals surface area contributed by atoms with E-state index in [0.29, 0.717) is 43.4 Å². The zero-order valence-electron chi connectivity index (χ0n) is 21.5. The maximum atomic E-state index is 13.0. The van der Waals surface area contributed by atoms with Gasteiger partial charge in [-0.3, -0.25) is 4.79 Å². The summed E-state index contributed by atoms with van der Waals surface area (Å²) in [6, 6.07) is 18.0. The molecule has 0 aliphatic heterocycles. The summed E-state index contributed by atoms with van der Waals surface area (Å²) in [5.74, 6) is -1.60. The molecule has 3 aromatic carbocycles. The van der Waals surface area contributed by atoms with Crippen molar-refractivity contribution in [2.24, 2.45) is 16.6 Å². The number of nitrogens with zero attached hydrogens (tertiary/aromatic N) is 1. The predicted molar refractivity (Wildman–Crippen MR) is 158 cm³/mol. The first-order valence-corrected chi connectivity index (χ1v) is 13.1. The molecule has 0 saturated carbocycles. The molecule has 1 unspecified atom stereocenters. The first kappa shape index (κ1) is 30.2. The van der Waals surface area contributed by atoms with Gasteiger partial charge in [-0.1, -0.05) is 60.8 Å². The number of hydrogen-bond acceptors (Lipinski definition) is 5. The number of ether oxygens (including phenoxy) is 1. The Balaban J connectivity index is 1.85. The summed E-state index contributed by atoms with van der Waals surface area (Å²) < 4.78 is 5.97. The molecule has 0 aromatic heterocycles. The van der Waals surface area contributed by atoms with Crippen molar-refractivity contribution in [3.05, 3.63) is 104 Å². The first-order chi connectivity index (χ1) is 18.5. The molecular formula is C29H28Cl3N3O4. The molecule has 0 spiro atoms. The number of aliphatic imine (C=N–C) groups is 1. The SMILES string of the molecule is CC(C(=Nc1ccc(Cl)cc1Cl)c1ccc(Cl)cc1)=C(N)COC(C(=O)Nc1ccc(C(=O)O)cc1)C(C)C. The van der Waals surface area contributed by atoms with Gasteiger partial charge in [0.15, 0.2) is 0 Å². The lowest BCUT2D eigenvalue weighted by Crippen LogP contribution is -2.36. The smallest absolute Gasteiger partial charge is 0.335 e. The van der Waals surface area contributed by atoms with E-state index >= 15 is 0 Å². The van der Waals surface area contributed by atoms with Crippen molar-refractivity contribution in [1.82, 2.24) is 0 Å². The van der Waals surface area contributed by atoms with Crippen molar-refractivity contribution in [3.8, 4) is 0 Å². The molecule has 4 N–H and O–H groups in total. The Morgan fingerprint density at radius 1 is 0.949 bits per heavy atom. The summed E-state index contributed by atoms with van der Waals surface area (Å²) in [7, 11) is 0. The maximum absolute atomic E-state index is 13.0. The number of aromatic carboxylic acids is 1. The van der Waals surface area contributed by atoms with E-state index in [9.17, 15) is 9.59 Å². The minimum Gasteiger partial charge on any atom is -0.478 e. The van der Waals surface area contributed by atoms with Crippen LogP contribution >= 0.6 is 34.8 Å². The summed E-state index contributed by atoms with van der Waals surface area (Å²) in [5.41, 5.74) is 9.86. The summed E-state index contributed by atoms with van der Waals surface area (Å²) >= 11 is 18.5. The third kappa shape index (κ3) is 8.31. The lowest BCUT2D eigenvalue weighted by molar-refractivity contribution is -0.129. The summed E-state index contributed by atoms with van der Waals surface area (Å²) in [6.45, 7) is 5.48. The van der Waals surface area contributed by atoms with Gasteiger partial charge in [0.25, 0.3) is 5.91 Å². The second-order valence-corrected chi connectivity index (χ2v) is 10.3. The highest BCUT2D eigenvalue weighted by molar-refractivity contribution is 6.36. The monoisotopic (exact) mass is 587 g/mol. The number of anilines is 1. The van der Waals surface area contributed by atoms with Crippen LogP contribution in [-0.2, 0) is 9.53 Å². The number of benzene rings is 3. The summed E-state index contributed by atoms with van der Waals surface area (Å²) in [6.07, 6.45) is -0.822. The van der Waals surface area contributed by atoms with Crippen molar-refractivity contribution >= 4 is 63.8 Å². The molecule has 0 fully saturated rings. The zero-order chi connectivity index (χ0) is 28.7. The van der Waals surface area contributed by atoms with Crippen LogP contribution < -0.4 is 11.1 Å². The van der Waals surface area contributed by atoms with Gasteiger partial charge >= 0.3 is 5.97 Å². The van der Waals surface area contributed by atoms with Crippen LogP contribution in [0.15, 0.2) is 83.0 Å². The Morgan fingerprint density at radius 2 is 1.54 bits per heavy atom. The minimum absolute atomic E-state index is 0.0407. The fraction of sp³-hybridized carbons (Fsp3) is 0.207. The first-order valence-electron chi connectivity index (χ1n) is 12.0. The normalized spacial score (nSPS) is 13.2. The summed E-state index contributed by atoms with van der Waals surface area (Å²) in [4.78, 5) is 28.8. The number of carbonyl (C=O) groups excluding carboxylic acids is 1. The topological polar surface area (TPSA) is 114 Å². The number of carbonyl (C=O) groups is 2. The van der Waals surface area contributed by atoms with Gasteiger partial charge in [-0.2, -0.15) is 0 Å². The Morgan fingerprint density at radius 3 is 2.10 bits per heavy atom. The van der Waals surface area contributed by atoms with Gasteiger partial charge in [0.1, 0.15) is 6.10 Å². The zero-order valence-corrected chi connectivity index (χ0v) is 23.8. The van der Waals surface area contributed by atoms with Gasteiger partial charge in [-0.15, -0.1) is 0 Å². The van der Waals surface area contributed by atoms with Gasteiger partial charge < -0.3 is 20.9 Å². The van der Waals surface area contributed by atoms with Crippen LogP contribution in [0.5, 0.6) is 0 Å². The molecule has 0 radical (unpaired) electrons. The maximum Gasteiger partial charge on any atom is 0.335 e. The molecule has 3 rings (SSSR count). The van der Waals surface area contributed by atoms with E-state index in [0.717, 1.165) is 5.56 Å². The van der Waals surface area contributed by atoms with Crippen LogP contribution in [-0.4, -0.2) is 35.4 Å². The van der Waals surface area contributed by atoms with E-state index < -0.39 is 12.1 Å². The molecule has 0 bridgehead atoms. The molecule has 3 aromatic rings. The largest absolute Gasteiger partial charge is 0.478 e. The van der Waals surface area contributed by atoms with E-state index in [2.05, 4.69) is 5.32 Å². The number of amides is 1. The molecule has 204 valence electrons. The fourth-order valence-electron chi connectivity index (χ4n) is 3.59. The molecule has 0 aliphatic rings. The van der Waals surface area contributed by atoms with Crippen LogP contribution in [0.1, 0.15) is 36.7 Å². The van der Waals surface area contributed by atoms with E-state index in [1.54, 1.807) is 30.3 Å². The molecule has 0 aliphatic carbocycles. The predicted octanol–water partition coefficient (Wildman–Crippen LogP) is 7.38. The van der Waals surface area contributed by atoms with Crippen molar-refractivity contribution in [2.75, 3.05) is 11.9 Å². The van der Waals surface area contributed by atoms with Crippen LogP contribution in [0.2, 0.25) is 15.1 Å². The average molecular weight is 589 g/mol. The van der Waals surface area contributed by atoms with Gasteiger partial charge in [0, 0.05) is 27.0 Å². The number of carboxylic acids is 1. The van der Waals surface area contributed by atoms with E-state index in [1.807, 2.05) is 32.9 Å². The molecule has 1 amide bonds.